The Kier molecular flexibility index (Phi) is 5.32. The molecule has 6 heteroatoms. The highest BCUT2D eigenvalue weighted by atomic mass is 16.6. The molecule has 2 bridgehead atoms. The summed E-state index contributed by atoms with van der Waals surface area (Å²) in [5.41, 5.74) is 7.34. The van der Waals surface area contributed by atoms with Crippen LogP contribution in [0.15, 0.2) is 47.6 Å². The monoisotopic (exact) mass is 411 g/mol. The van der Waals surface area contributed by atoms with Gasteiger partial charge in [0.15, 0.2) is 6.10 Å². The molecule has 5 unspecified atom stereocenters. The van der Waals surface area contributed by atoms with E-state index in [4.69, 9.17) is 19.9 Å². The van der Waals surface area contributed by atoms with E-state index >= 15 is 0 Å². The van der Waals surface area contributed by atoms with Gasteiger partial charge in [-0.25, -0.2) is 4.79 Å². The molecule has 6 nitrogen and oxygen atoms in total. The molecule has 2 saturated heterocycles. The lowest BCUT2D eigenvalue weighted by Crippen LogP contribution is -2.55. The van der Waals surface area contributed by atoms with E-state index in [0.29, 0.717) is 6.42 Å². The number of esters is 2. The summed E-state index contributed by atoms with van der Waals surface area (Å²) >= 11 is 0. The van der Waals surface area contributed by atoms with E-state index in [2.05, 4.69) is 6.92 Å². The normalized spacial score (nSPS) is 34.9. The highest BCUT2D eigenvalue weighted by molar-refractivity contribution is 5.87. The Bertz CT molecular complexity index is 907. The van der Waals surface area contributed by atoms with E-state index in [1.54, 1.807) is 6.08 Å². The molecule has 160 valence electrons. The second-order valence-electron chi connectivity index (χ2n) is 8.87. The van der Waals surface area contributed by atoms with Crippen LogP contribution in [0.4, 0.5) is 0 Å². The third-order valence-electron chi connectivity index (χ3n) is 6.77. The number of rotatable bonds is 5. The van der Waals surface area contributed by atoms with E-state index in [1.807, 2.05) is 44.2 Å². The molecule has 0 radical (unpaired) electrons. The van der Waals surface area contributed by atoms with Crippen LogP contribution in [-0.4, -0.2) is 41.9 Å². The van der Waals surface area contributed by atoms with Crippen LogP contribution < -0.4 is 5.73 Å². The maximum absolute atomic E-state index is 12.7. The van der Waals surface area contributed by atoms with Crippen LogP contribution in [0.2, 0.25) is 0 Å². The molecule has 4 rings (SSSR count). The van der Waals surface area contributed by atoms with E-state index < -0.39 is 35.3 Å². The fourth-order valence-electron chi connectivity index (χ4n) is 5.36. The first-order valence-electron chi connectivity index (χ1n) is 10.5. The van der Waals surface area contributed by atoms with E-state index in [0.717, 1.165) is 24.0 Å². The van der Waals surface area contributed by atoms with Gasteiger partial charge < -0.3 is 19.9 Å². The Morgan fingerprint density at radius 1 is 1.23 bits per heavy atom. The largest absolute Gasteiger partial charge is 0.458 e. The van der Waals surface area contributed by atoms with Gasteiger partial charge in [-0.3, -0.25) is 4.79 Å². The molecular formula is C24H29NO5. The number of nitrogens with two attached hydrogens (primary N) is 1. The van der Waals surface area contributed by atoms with Gasteiger partial charge in [-0.15, -0.1) is 0 Å². The van der Waals surface area contributed by atoms with Gasteiger partial charge in [-0.05, 0) is 50.8 Å². The van der Waals surface area contributed by atoms with Crippen molar-refractivity contribution in [3.63, 3.8) is 0 Å². The predicted molar refractivity (Wildman–Crippen MR) is 112 cm³/mol. The lowest BCUT2D eigenvalue weighted by Gasteiger charge is -2.47. The molecule has 1 aromatic carbocycles. The molecular weight excluding hydrogens is 382 g/mol. The fraction of sp³-hybridized carbons (Fsp3) is 0.500. The smallest absolute Gasteiger partial charge is 0.331 e. The average Bonchev–Trinajstić information content (AvgIpc) is 3.21. The molecule has 2 fully saturated rings. The van der Waals surface area contributed by atoms with E-state index in [-0.39, 0.29) is 12.5 Å². The molecule has 3 aliphatic rings. The van der Waals surface area contributed by atoms with Crippen molar-refractivity contribution in [2.24, 2.45) is 11.7 Å². The number of ether oxygens (including phenoxy) is 3. The number of allylic oxidation sites excluding steroid dienone is 1. The topological polar surface area (TPSA) is 87.9 Å². The van der Waals surface area contributed by atoms with Crippen molar-refractivity contribution in [1.82, 2.24) is 0 Å². The van der Waals surface area contributed by atoms with Crippen LogP contribution in [-0.2, 0) is 23.8 Å². The van der Waals surface area contributed by atoms with Crippen LogP contribution in [0.25, 0.3) is 6.08 Å². The van der Waals surface area contributed by atoms with Gasteiger partial charge >= 0.3 is 11.9 Å². The second kappa shape index (κ2) is 7.67. The predicted octanol–water partition coefficient (Wildman–Crippen LogP) is 3.16. The standard InChI is InChI=1S/C24H29NO5/c1-15-9-11-17-21(15)22(29-19(26)12-10-16-7-5-4-6-8-16)23(2)13-18(24(17,3)30-23)28-20(27)14-25/h4-8,10,12,17-18,22H,9,11,13-14,25H2,1-3H3/b12-10+. The van der Waals surface area contributed by atoms with Crippen LogP contribution in [0.3, 0.4) is 0 Å². The van der Waals surface area contributed by atoms with E-state index in [1.165, 1.54) is 11.6 Å². The second-order valence-corrected chi connectivity index (χ2v) is 8.87. The Balaban J connectivity index is 1.60. The quantitative estimate of drug-likeness (QED) is 0.455. The van der Waals surface area contributed by atoms with Gasteiger partial charge in [0, 0.05) is 18.4 Å². The summed E-state index contributed by atoms with van der Waals surface area (Å²) in [6.45, 7) is 5.87. The van der Waals surface area contributed by atoms with Gasteiger partial charge in [-0.2, -0.15) is 0 Å². The van der Waals surface area contributed by atoms with Crippen LogP contribution in [0.1, 0.15) is 45.6 Å². The zero-order valence-corrected chi connectivity index (χ0v) is 17.7. The Morgan fingerprint density at radius 3 is 2.67 bits per heavy atom. The Hall–Kier alpha value is -2.44. The Morgan fingerprint density at radius 2 is 1.97 bits per heavy atom. The zero-order valence-electron chi connectivity index (χ0n) is 17.7. The molecule has 1 aliphatic carbocycles. The maximum atomic E-state index is 12.7. The molecule has 0 spiro atoms. The van der Waals surface area contributed by atoms with Crippen molar-refractivity contribution >= 4 is 18.0 Å². The van der Waals surface area contributed by atoms with Crippen molar-refractivity contribution in [3.8, 4) is 0 Å². The first kappa shape index (κ1) is 20.8. The molecule has 5 atom stereocenters. The van der Waals surface area contributed by atoms with E-state index in [9.17, 15) is 9.59 Å². The number of hydrogen-bond donors (Lipinski definition) is 1. The van der Waals surface area contributed by atoms with Gasteiger partial charge in [0.1, 0.15) is 17.3 Å². The zero-order chi connectivity index (χ0) is 21.5. The van der Waals surface area contributed by atoms with Crippen LogP contribution in [0.5, 0.6) is 0 Å². The molecule has 0 amide bonds. The van der Waals surface area contributed by atoms with Gasteiger partial charge in [-0.1, -0.05) is 35.9 Å². The molecule has 2 heterocycles. The average molecular weight is 411 g/mol. The highest BCUT2D eigenvalue weighted by Crippen LogP contribution is 2.59. The minimum Gasteiger partial charge on any atom is -0.458 e. The third-order valence-corrected chi connectivity index (χ3v) is 6.77. The van der Waals surface area contributed by atoms with Crippen molar-refractivity contribution in [2.75, 3.05) is 6.54 Å². The molecule has 0 aromatic heterocycles. The van der Waals surface area contributed by atoms with Crippen molar-refractivity contribution in [2.45, 2.75) is 63.4 Å². The summed E-state index contributed by atoms with van der Waals surface area (Å²) in [6.07, 6.45) is 4.53. The summed E-state index contributed by atoms with van der Waals surface area (Å²) in [7, 11) is 0. The summed E-state index contributed by atoms with van der Waals surface area (Å²) in [6, 6.07) is 9.61. The van der Waals surface area contributed by atoms with Crippen LogP contribution >= 0.6 is 0 Å². The molecule has 1 aromatic rings. The lowest BCUT2D eigenvalue weighted by molar-refractivity contribution is -0.205. The third kappa shape index (κ3) is 3.48. The minimum atomic E-state index is -0.762. The number of benzene rings is 1. The maximum Gasteiger partial charge on any atom is 0.331 e. The summed E-state index contributed by atoms with van der Waals surface area (Å²) < 4.78 is 18.2. The molecule has 2 N–H and O–H groups in total. The van der Waals surface area contributed by atoms with Crippen molar-refractivity contribution in [3.05, 3.63) is 53.1 Å². The van der Waals surface area contributed by atoms with Crippen LogP contribution in [0, 0.1) is 5.92 Å². The number of hydrogen-bond acceptors (Lipinski definition) is 6. The first-order chi connectivity index (χ1) is 14.3. The lowest BCUT2D eigenvalue weighted by atomic mass is 9.77. The number of carbonyl (C=O) groups excluding carboxylic acids is 2. The Labute approximate surface area is 177 Å². The molecule has 2 aliphatic heterocycles. The number of fused-ring (bicyclic) bond motifs is 4. The minimum absolute atomic E-state index is 0.0413. The fourth-order valence-corrected chi connectivity index (χ4v) is 5.36. The number of carbonyl (C=O) groups is 2. The summed E-state index contributed by atoms with van der Waals surface area (Å²) in [4.78, 5) is 24.6. The summed E-state index contributed by atoms with van der Waals surface area (Å²) in [5, 5.41) is 0. The SMILES string of the molecule is CC1=C2C(OC(=O)/C=C/c3ccccc3)C3(C)CC(OC(=O)CN)C(C)(O3)C2CC1. The highest BCUT2D eigenvalue weighted by Gasteiger charge is 2.67. The van der Waals surface area contributed by atoms with Crippen molar-refractivity contribution < 1.29 is 23.8 Å². The molecule has 30 heavy (non-hydrogen) atoms. The van der Waals surface area contributed by atoms with Gasteiger partial charge in [0.25, 0.3) is 0 Å². The summed E-state index contributed by atoms with van der Waals surface area (Å²) in [5.74, 6) is -0.814. The molecule has 0 saturated carbocycles. The van der Waals surface area contributed by atoms with Gasteiger partial charge in [0.05, 0.1) is 6.54 Å². The van der Waals surface area contributed by atoms with Gasteiger partial charge in [0.2, 0.25) is 0 Å². The van der Waals surface area contributed by atoms with Crippen molar-refractivity contribution in [1.29, 1.82) is 0 Å². The first-order valence-corrected chi connectivity index (χ1v) is 10.5.